The molecular weight excluding hydrogens is 358 g/mol. The van der Waals surface area contributed by atoms with Crippen molar-refractivity contribution in [1.82, 2.24) is 14.1 Å². The normalized spacial score (nSPS) is 16.2. The van der Waals surface area contributed by atoms with E-state index in [1.165, 1.54) is 25.6 Å². The molecule has 10 heteroatoms. The van der Waals surface area contributed by atoms with Crippen molar-refractivity contribution in [2.24, 2.45) is 4.40 Å². The molecule has 2 aromatic heterocycles. The van der Waals surface area contributed by atoms with Gasteiger partial charge in [0.05, 0.1) is 18.1 Å². The highest BCUT2D eigenvalue weighted by atomic mass is 32.2. The number of hydrogen-bond donors (Lipinski definition) is 1. The second kappa shape index (κ2) is 7.16. The number of nitrogens with one attached hydrogen (secondary N) is 1. The summed E-state index contributed by atoms with van der Waals surface area (Å²) in [7, 11) is -2.75. The summed E-state index contributed by atoms with van der Waals surface area (Å²) in [6, 6.07) is 3.19. The molecule has 0 saturated carbocycles. The molecule has 1 N–H and O–H groups in total. The van der Waals surface area contributed by atoms with Crippen LogP contribution in [0.2, 0.25) is 0 Å². The number of nitrogens with zero attached hydrogens (tertiary/aromatic N) is 4. The number of aryl methyl sites for hydroxylation is 1. The summed E-state index contributed by atoms with van der Waals surface area (Å²) in [5, 5.41) is 6.83. The summed E-state index contributed by atoms with van der Waals surface area (Å²) in [6.07, 6.45) is 8.01. The molecule has 1 amide bonds. The number of aromatic nitrogens is 2. The van der Waals surface area contributed by atoms with Crippen LogP contribution in [-0.4, -0.2) is 41.2 Å². The summed E-state index contributed by atoms with van der Waals surface area (Å²) >= 11 is 0. The molecule has 138 valence electrons. The average Bonchev–Trinajstić information content (AvgIpc) is 3.27. The molecule has 26 heavy (non-hydrogen) atoms. The first-order valence-corrected chi connectivity index (χ1v) is 9.48. The van der Waals surface area contributed by atoms with Crippen molar-refractivity contribution in [3.8, 4) is 0 Å². The van der Waals surface area contributed by atoms with Gasteiger partial charge in [-0.05, 0) is 24.6 Å². The number of carbonyl (C=O) groups is 1. The number of carbonyl (C=O) groups excluding carboxylic acids is 1. The monoisotopic (exact) mass is 377 g/mol. The number of hydrogen-bond acceptors (Lipinski definition) is 5. The maximum Gasteiger partial charge on any atom is 0.345 e. The van der Waals surface area contributed by atoms with Crippen LogP contribution in [0, 0.1) is 0 Å². The molecule has 0 aromatic carbocycles. The lowest BCUT2D eigenvalue weighted by Crippen LogP contribution is -2.35. The smallest absolute Gasteiger partial charge is 0.345 e. The summed E-state index contributed by atoms with van der Waals surface area (Å²) in [4.78, 5) is 12.6. The van der Waals surface area contributed by atoms with Crippen molar-refractivity contribution in [1.29, 1.82) is 0 Å². The molecular formula is C16H19N5O4S. The van der Waals surface area contributed by atoms with Gasteiger partial charge in [0, 0.05) is 19.8 Å². The summed E-state index contributed by atoms with van der Waals surface area (Å²) in [5.41, 5.74) is 0.490. The molecule has 0 spiro atoms. The fraction of sp³-hybridized carbons (Fsp3) is 0.312. The van der Waals surface area contributed by atoms with Gasteiger partial charge in [0.25, 0.3) is 5.91 Å². The molecule has 9 nitrogen and oxygen atoms in total. The first-order chi connectivity index (χ1) is 12.4. The van der Waals surface area contributed by atoms with E-state index in [9.17, 15) is 13.2 Å². The summed E-state index contributed by atoms with van der Waals surface area (Å²) in [5.74, 6) is -0.315. The van der Waals surface area contributed by atoms with Gasteiger partial charge >= 0.3 is 10.2 Å². The minimum atomic E-state index is -4.02. The lowest BCUT2D eigenvalue weighted by Gasteiger charge is -2.22. The Morgan fingerprint density at radius 3 is 2.88 bits per heavy atom. The SMILES string of the molecule is CCCCn1cc(NC(=O)C2=CC(c3ccco3)=NS(=O)(=O)N2C)cn1. The van der Waals surface area contributed by atoms with Crippen LogP contribution in [0.1, 0.15) is 25.5 Å². The van der Waals surface area contributed by atoms with Crippen molar-refractivity contribution < 1.29 is 17.6 Å². The Morgan fingerprint density at radius 1 is 1.38 bits per heavy atom. The minimum absolute atomic E-state index is 0.0623. The van der Waals surface area contributed by atoms with Gasteiger partial charge in [0.15, 0.2) is 5.76 Å². The number of anilines is 1. The fourth-order valence-corrected chi connectivity index (χ4v) is 3.27. The first kappa shape index (κ1) is 17.9. The van der Waals surface area contributed by atoms with Crippen molar-refractivity contribution in [2.75, 3.05) is 12.4 Å². The fourth-order valence-electron chi connectivity index (χ4n) is 2.37. The Bertz CT molecular complexity index is 957. The van der Waals surface area contributed by atoms with E-state index < -0.39 is 16.1 Å². The van der Waals surface area contributed by atoms with Crippen LogP contribution in [0.25, 0.3) is 0 Å². The van der Waals surface area contributed by atoms with Gasteiger partial charge in [-0.1, -0.05) is 13.3 Å². The predicted molar refractivity (Wildman–Crippen MR) is 95.8 cm³/mol. The molecule has 0 atom stereocenters. The Hall–Kier alpha value is -2.88. The zero-order valence-corrected chi connectivity index (χ0v) is 15.2. The quantitative estimate of drug-likeness (QED) is 0.825. The molecule has 3 rings (SSSR count). The largest absolute Gasteiger partial charge is 0.463 e. The molecule has 0 fully saturated rings. The minimum Gasteiger partial charge on any atom is -0.463 e. The van der Waals surface area contributed by atoms with Crippen LogP contribution in [-0.2, 0) is 21.5 Å². The van der Waals surface area contributed by atoms with Gasteiger partial charge in [-0.3, -0.25) is 9.48 Å². The summed E-state index contributed by atoms with van der Waals surface area (Å²) < 4.78 is 35.9. The van der Waals surface area contributed by atoms with Crippen LogP contribution in [0.15, 0.2) is 51.4 Å². The van der Waals surface area contributed by atoms with Gasteiger partial charge in [0.1, 0.15) is 11.4 Å². The van der Waals surface area contributed by atoms with Crippen molar-refractivity contribution in [3.05, 3.63) is 48.3 Å². The molecule has 3 heterocycles. The second-order valence-corrected chi connectivity index (χ2v) is 7.35. The lowest BCUT2D eigenvalue weighted by atomic mass is 10.2. The number of rotatable bonds is 6. The van der Waals surface area contributed by atoms with Crippen LogP contribution in [0.4, 0.5) is 5.69 Å². The standard InChI is InChI=1S/C16H19N5O4S/c1-3-4-7-21-11-12(10-17-21)18-16(22)14-9-13(15-6-5-8-25-15)19-26(23,24)20(14)2/h5-6,8-11H,3-4,7H2,1-2H3,(H,18,22). The van der Waals surface area contributed by atoms with Crippen molar-refractivity contribution in [3.63, 3.8) is 0 Å². The number of amides is 1. The molecule has 1 aliphatic heterocycles. The maximum absolute atomic E-state index is 12.6. The molecule has 0 unspecified atom stereocenters. The zero-order chi connectivity index (χ0) is 18.7. The highest BCUT2D eigenvalue weighted by molar-refractivity contribution is 7.88. The molecule has 2 aromatic rings. The van der Waals surface area contributed by atoms with Crippen LogP contribution in [0.3, 0.4) is 0 Å². The first-order valence-electron chi connectivity index (χ1n) is 8.09. The Labute approximate surface area is 151 Å². The van der Waals surface area contributed by atoms with Crippen LogP contribution in [0.5, 0.6) is 0 Å². The predicted octanol–water partition coefficient (Wildman–Crippen LogP) is 1.78. The number of likely N-dealkylation sites (N-methyl/N-ethyl adjacent to an activating group) is 1. The Morgan fingerprint density at radius 2 is 2.19 bits per heavy atom. The highest BCUT2D eigenvalue weighted by Gasteiger charge is 2.30. The lowest BCUT2D eigenvalue weighted by molar-refractivity contribution is -0.113. The molecule has 0 aliphatic carbocycles. The Balaban J connectivity index is 1.83. The van der Waals surface area contributed by atoms with E-state index in [1.807, 2.05) is 0 Å². The maximum atomic E-state index is 12.6. The third-order valence-corrected chi connectivity index (χ3v) is 5.13. The third kappa shape index (κ3) is 3.69. The van der Waals surface area contributed by atoms with Crippen molar-refractivity contribution in [2.45, 2.75) is 26.3 Å². The van der Waals surface area contributed by atoms with Crippen molar-refractivity contribution >= 4 is 27.5 Å². The molecule has 1 aliphatic rings. The van der Waals surface area contributed by atoms with E-state index in [-0.39, 0.29) is 17.2 Å². The van der Waals surface area contributed by atoms with E-state index in [4.69, 9.17) is 4.42 Å². The van der Waals surface area contributed by atoms with Crippen LogP contribution >= 0.6 is 0 Å². The highest BCUT2D eigenvalue weighted by Crippen LogP contribution is 2.21. The van der Waals surface area contributed by atoms with Gasteiger partial charge in [-0.25, -0.2) is 4.31 Å². The van der Waals surface area contributed by atoms with Crippen LogP contribution < -0.4 is 5.32 Å². The third-order valence-electron chi connectivity index (χ3n) is 3.81. The summed E-state index contributed by atoms with van der Waals surface area (Å²) in [6.45, 7) is 2.83. The van der Waals surface area contributed by atoms with Gasteiger partial charge in [0.2, 0.25) is 0 Å². The van der Waals surface area contributed by atoms with E-state index in [1.54, 1.807) is 23.0 Å². The molecule has 0 saturated heterocycles. The number of furan rings is 1. The Kier molecular flexibility index (Phi) is 4.94. The topological polar surface area (TPSA) is 110 Å². The van der Waals surface area contributed by atoms with Gasteiger partial charge in [-0.2, -0.15) is 13.5 Å². The van der Waals surface area contributed by atoms with E-state index >= 15 is 0 Å². The van der Waals surface area contributed by atoms with Gasteiger partial charge in [-0.15, -0.1) is 4.40 Å². The van der Waals surface area contributed by atoms with Gasteiger partial charge < -0.3 is 9.73 Å². The van der Waals surface area contributed by atoms with E-state index in [2.05, 4.69) is 21.7 Å². The van der Waals surface area contributed by atoms with E-state index in [0.29, 0.717) is 5.69 Å². The molecule has 0 bridgehead atoms. The second-order valence-electron chi connectivity index (χ2n) is 5.73. The number of allylic oxidation sites excluding steroid dienone is 1. The molecule has 0 radical (unpaired) electrons. The number of unbranched alkanes of at least 4 members (excludes halogenated alkanes) is 1. The zero-order valence-electron chi connectivity index (χ0n) is 14.4. The van der Waals surface area contributed by atoms with E-state index in [0.717, 1.165) is 23.7 Å². The average molecular weight is 377 g/mol.